The van der Waals surface area contributed by atoms with Gasteiger partial charge in [-0.2, -0.15) is 0 Å². The number of unbranched alkanes of at least 4 members (excludes halogenated alkanes) is 42. The van der Waals surface area contributed by atoms with E-state index < -0.39 is 6.10 Å². The van der Waals surface area contributed by atoms with Gasteiger partial charge in [0, 0.05) is 19.3 Å². The molecule has 0 radical (unpaired) electrons. The van der Waals surface area contributed by atoms with Crippen molar-refractivity contribution in [3.63, 3.8) is 0 Å². The monoisotopic (exact) mass is 1130 g/mol. The summed E-state index contributed by atoms with van der Waals surface area (Å²) in [4.78, 5) is 38.4. The number of hydrogen-bond donors (Lipinski definition) is 0. The number of carbonyl (C=O) groups is 3. The van der Waals surface area contributed by atoms with E-state index in [2.05, 4.69) is 93.7 Å². The third-order valence-electron chi connectivity index (χ3n) is 15.7. The van der Waals surface area contributed by atoms with Crippen molar-refractivity contribution in [2.24, 2.45) is 0 Å². The number of hydrogen-bond acceptors (Lipinski definition) is 6. The van der Waals surface area contributed by atoms with E-state index in [0.717, 1.165) is 89.9 Å². The van der Waals surface area contributed by atoms with Crippen LogP contribution in [-0.4, -0.2) is 37.2 Å². The average Bonchev–Trinajstić information content (AvgIpc) is 3.46. The molecular formula is C75H134O6. The fourth-order valence-corrected chi connectivity index (χ4v) is 10.4. The van der Waals surface area contributed by atoms with Gasteiger partial charge < -0.3 is 14.2 Å². The second-order valence-corrected chi connectivity index (χ2v) is 23.8. The van der Waals surface area contributed by atoms with E-state index in [1.165, 1.54) is 238 Å². The smallest absolute Gasteiger partial charge is 0.306 e. The number of carbonyl (C=O) groups excluding carboxylic acids is 3. The summed E-state index contributed by atoms with van der Waals surface area (Å²) in [6.07, 6.45) is 90.7. The molecule has 0 aliphatic carbocycles. The minimum absolute atomic E-state index is 0.0711. The predicted octanol–water partition coefficient (Wildman–Crippen LogP) is 24.4. The minimum atomic E-state index is -0.775. The first-order valence-electron chi connectivity index (χ1n) is 35.4. The fraction of sp³-hybridized carbons (Fsp3) is 0.800. The van der Waals surface area contributed by atoms with Crippen LogP contribution in [0, 0.1) is 0 Å². The topological polar surface area (TPSA) is 78.9 Å². The molecule has 0 aromatic rings. The Morgan fingerprint density at radius 2 is 0.481 bits per heavy atom. The van der Waals surface area contributed by atoms with Crippen molar-refractivity contribution in [1.29, 1.82) is 0 Å². The minimum Gasteiger partial charge on any atom is -0.462 e. The Kier molecular flexibility index (Phi) is 66.6. The first-order chi connectivity index (χ1) is 40.0. The second-order valence-electron chi connectivity index (χ2n) is 23.8. The molecule has 6 heteroatoms. The van der Waals surface area contributed by atoms with Crippen LogP contribution in [0.5, 0.6) is 0 Å². The lowest BCUT2D eigenvalue weighted by molar-refractivity contribution is -0.167. The van der Waals surface area contributed by atoms with Gasteiger partial charge in [-0.3, -0.25) is 14.4 Å². The van der Waals surface area contributed by atoms with Crippen LogP contribution >= 0.6 is 0 Å². The van der Waals surface area contributed by atoms with Crippen LogP contribution in [0.2, 0.25) is 0 Å². The SMILES string of the molecule is CC/C=C\C/C=C\C/C=C\C/C=C\C/C=C\CCCCCCCCCCCCCCCC(=O)OCC(COC(=O)CCCCCCCCCCCCCCC)OC(=O)CCCCCCCCCCC/C=C\CCCCCCCCCC. The maximum atomic E-state index is 12.9. The van der Waals surface area contributed by atoms with Gasteiger partial charge in [0.05, 0.1) is 0 Å². The largest absolute Gasteiger partial charge is 0.462 e. The zero-order chi connectivity index (χ0) is 58.5. The summed E-state index contributed by atoms with van der Waals surface area (Å²) >= 11 is 0. The van der Waals surface area contributed by atoms with Gasteiger partial charge in [-0.25, -0.2) is 0 Å². The molecule has 470 valence electrons. The zero-order valence-electron chi connectivity index (χ0n) is 54.1. The molecule has 0 saturated carbocycles. The molecule has 6 nitrogen and oxygen atoms in total. The van der Waals surface area contributed by atoms with Crippen molar-refractivity contribution in [3.8, 4) is 0 Å². The first-order valence-corrected chi connectivity index (χ1v) is 35.4. The summed E-state index contributed by atoms with van der Waals surface area (Å²) in [6, 6.07) is 0. The van der Waals surface area contributed by atoms with Crippen molar-refractivity contribution in [2.75, 3.05) is 13.2 Å². The van der Waals surface area contributed by atoms with Crippen LogP contribution in [-0.2, 0) is 28.6 Å². The molecule has 0 bridgehead atoms. The van der Waals surface area contributed by atoms with Crippen molar-refractivity contribution in [1.82, 2.24) is 0 Å². The second kappa shape index (κ2) is 69.3. The average molecular weight is 1130 g/mol. The van der Waals surface area contributed by atoms with Gasteiger partial charge in [-0.1, -0.05) is 331 Å². The summed E-state index contributed by atoms with van der Waals surface area (Å²) in [5.41, 5.74) is 0. The molecule has 0 amide bonds. The summed E-state index contributed by atoms with van der Waals surface area (Å²) in [7, 11) is 0. The van der Waals surface area contributed by atoms with E-state index in [0.29, 0.717) is 19.3 Å². The van der Waals surface area contributed by atoms with Crippen molar-refractivity contribution in [3.05, 3.63) is 72.9 Å². The zero-order valence-corrected chi connectivity index (χ0v) is 54.1. The lowest BCUT2D eigenvalue weighted by Gasteiger charge is -2.18. The van der Waals surface area contributed by atoms with Crippen LogP contribution in [0.15, 0.2) is 72.9 Å². The standard InChI is InChI=1S/C75H134O6/c1-4-7-10-13-16-19-22-25-27-29-31-33-34-35-36-37-38-39-40-42-43-45-47-50-53-56-59-62-65-68-74(77)80-71-72(70-79-73(76)67-64-61-58-55-52-49-24-21-18-15-12-9-6-3)81-75(78)69-66-63-60-57-54-51-48-46-44-41-32-30-28-26-23-20-17-14-11-8-5-2/h7,10,16,19,25,27,30-33,35-36,72H,4-6,8-9,11-15,17-18,20-24,26,28-29,34,37-71H2,1-3H3/b10-7-,19-16-,27-25-,32-30-,33-31-,36-35-. The molecule has 0 aromatic carbocycles. The lowest BCUT2D eigenvalue weighted by Crippen LogP contribution is -2.30. The van der Waals surface area contributed by atoms with Gasteiger partial charge in [0.25, 0.3) is 0 Å². The van der Waals surface area contributed by atoms with Crippen LogP contribution in [0.3, 0.4) is 0 Å². The van der Waals surface area contributed by atoms with Gasteiger partial charge in [-0.15, -0.1) is 0 Å². The van der Waals surface area contributed by atoms with E-state index in [4.69, 9.17) is 14.2 Å². The Bertz CT molecular complexity index is 1490. The fourth-order valence-electron chi connectivity index (χ4n) is 10.4. The maximum absolute atomic E-state index is 12.9. The molecule has 81 heavy (non-hydrogen) atoms. The number of allylic oxidation sites excluding steroid dienone is 12. The van der Waals surface area contributed by atoms with Crippen LogP contribution in [0.1, 0.15) is 367 Å². The number of rotatable bonds is 65. The molecule has 0 spiro atoms. The molecule has 1 unspecified atom stereocenters. The third-order valence-corrected chi connectivity index (χ3v) is 15.7. The van der Waals surface area contributed by atoms with Crippen LogP contribution in [0.4, 0.5) is 0 Å². The lowest BCUT2D eigenvalue weighted by atomic mass is 10.0. The Morgan fingerprint density at radius 1 is 0.259 bits per heavy atom. The highest BCUT2D eigenvalue weighted by Crippen LogP contribution is 2.18. The van der Waals surface area contributed by atoms with E-state index >= 15 is 0 Å². The van der Waals surface area contributed by atoms with Gasteiger partial charge in [-0.05, 0) is 89.9 Å². The Balaban J connectivity index is 4.24. The van der Waals surface area contributed by atoms with E-state index in [1.54, 1.807) is 0 Å². The van der Waals surface area contributed by atoms with Gasteiger partial charge in [0.1, 0.15) is 13.2 Å². The highest BCUT2D eigenvalue weighted by molar-refractivity contribution is 5.71. The maximum Gasteiger partial charge on any atom is 0.306 e. The molecule has 0 N–H and O–H groups in total. The predicted molar refractivity (Wildman–Crippen MR) is 353 cm³/mol. The van der Waals surface area contributed by atoms with E-state index in [1.807, 2.05) is 0 Å². The van der Waals surface area contributed by atoms with Gasteiger partial charge in [0.15, 0.2) is 6.10 Å². The van der Waals surface area contributed by atoms with E-state index in [-0.39, 0.29) is 31.1 Å². The molecule has 0 heterocycles. The highest BCUT2D eigenvalue weighted by Gasteiger charge is 2.19. The Morgan fingerprint density at radius 3 is 0.765 bits per heavy atom. The molecule has 0 aromatic heterocycles. The summed E-state index contributed by atoms with van der Waals surface area (Å²) in [5, 5.41) is 0. The molecule has 0 rings (SSSR count). The quantitative estimate of drug-likeness (QED) is 0.0261. The first kappa shape index (κ1) is 77.9. The summed E-state index contributed by atoms with van der Waals surface area (Å²) in [6.45, 7) is 6.58. The highest BCUT2D eigenvalue weighted by atomic mass is 16.6. The van der Waals surface area contributed by atoms with Crippen molar-refractivity contribution < 1.29 is 28.6 Å². The summed E-state index contributed by atoms with van der Waals surface area (Å²) in [5.74, 6) is -0.852. The van der Waals surface area contributed by atoms with Gasteiger partial charge in [0.2, 0.25) is 0 Å². The molecule has 1 atom stereocenters. The van der Waals surface area contributed by atoms with Crippen molar-refractivity contribution in [2.45, 2.75) is 374 Å². The Labute approximate surface area is 503 Å². The van der Waals surface area contributed by atoms with Crippen LogP contribution in [0.25, 0.3) is 0 Å². The van der Waals surface area contributed by atoms with E-state index in [9.17, 15) is 14.4 Å². The summed E-state index contributed by atoms with van der Waals surface area (Å²) < 4.78 is 17.0. The molecule has 0 saturated heterocycles. The Hall–Kier alpha value is -3.15. The number of ether oxygens (including phenoxy) is 3. The van der Waals surface area contributed by atoms with Gasteiger partial charge >= 0.3 is 17.9 Å². The molecule has 0 aliphatic heterocycles. The molecule has 0 fully saturated rings. The third kappa shape index (κ3) is 67.5. The molecule has 0 aliphatic rings. The molecular weight excluding hydrogens is 997 g/mol. The normalized spacial score (nSPS) is 12.5. The van der Waals surface area contributed by atoms with Crippen LogP contribution < -0.4 is 0 Å². The van der Waals surface area contributed by atoms with Crippen molar-refractivity contribution >= 4 is 17.9 Å². The number of esters is 3.